The predicted molar refractivity (Wildman–Crippen MR) is 95.9 cm³/mol. The third kappa shape index (κ3) is 4.61. The van der Waals surface area contributed by atoms with Crippen LogP contribution >= 0.6 is 11.8 Å². The van der Waals surface area contributed by atoms with E-state index >= 15 is 0 Å². The zero-order valence-corrected chi connectivity index (χ0v) is 14.8. The van der Waals surface area contributed by atoms with Crippen molar-refractivity contribution < 1.29 is 13.6 Å². The molecule has 0 radical (unpaired) electrons. The highest BCUT2D eigenvalue weighted by molar-refractivity contribution is 7.99. The third-order valence-corrected chi connectivity index (χ3v) is 5.12. The smallest absolute Gasteiger partial charge is 0.288 e. The minimum atomic E-state index is -2.44. The lowest BCUT2D eigenvalue weighted by atomic mass is 10.1. The Bertz CT molecular complexity index is 717. The summed E-state index contributed by atoms with van der Waals surface area (Å²) in [5.41, 5.74) is 1.84. The number of rotatable bonds is 6. The van der Waals surface area contributed by atoms with Crippen LogP contribution in [0.4, 0.5) is 14.5 Å². The fourth-order valence-corrected chi connectivity index (χ4v) is 3.77. The third-order valence-electron chi connectivity index (χ3n) is 4.40. The van der Waals surface area contributed by atoms with Gasteiger partial charge < -0.3 is 9.88 Å². The normalized spacial score (nSPS) is 18.0. The van der Waals surface area contributed by atoms with Crippen LogP contribution in [0.25, 0.3) is 0 Å². The number of halogens is 2. The van der Waals surface area contributed by atoms with Gasteiger partial charge in [-0.05, 0) is 55.8 Å². The molecule has 1 aromatic carbocycles. The molecule has 0 bridgehead atoms. The number of thioether (sulfide) groups is 1. The first kappa shape index (κ1) is 17.9. The molecule has 7 heteroatoms. The Morgan fingerprint density at radius 1 is 1.32 bits per heavy atom. The SMILES string of the molecule is Cn1cccc1[C@@H]1CCCN1CC(=O)Nc1ccc(SC(F)F)cc1. The molecule has 0 unspecified atom stereocenters. The summed E-state index contributed by atoms with van der Waals surface area (Å²) >= 11 is 0.496. The predicted octanol–water partition coefficient (Wildman–Crippen LogP) is 4.12. The van der Waals surface area contributed by atoms with Crippen molar-refractivity contribution in [3.8, 4) is 0 Å². The Morgan fingerprint density at radius 3 is 2.72 bits per heavy atom. The van der Waals surface area contributed by atoms with Crippen LogP contribution in [0.3, 0.4) is 0 Å². The lowest BCUT2D eigenvalue weighted by Crippen LogP contribution is -2.33. The first-order chi connectivity index (χ1) is 12.0. The maximum absolute atomic E-state index is 12.3. The second-order valence-corrected chi connectivity index (χ2v) is 7.19. The molecule has 0 aliphatic carbocycles. The minimum absolute atomic E-state index is 0.0876. The van der Waals surface area contributed by atoms with E-state index < -0.39 is 5.76 Å². The number of nitrogens with zero attached hydrogens (tertiary/aromatic N) is 2. The Labute approximate surface area is 150 Å². The second kappa shape index (κ2) is 8.01. The van der Waals surface area contributed by atoms with Gasteiger partial charge in [-0.25, -0.2) is 0 Å². The van der Waals surface area contributed by atoms with Crippen LogP contribution in [-0.2, 0) is 11.8 Å². The average molecular weight is 365 g/mol. The topological polar surface area (TPSA) is 37.3 Å². The molecule has 1 fully saturated rings. The van der Waals surface area contributed by atoms with Gasteiger partial charge >= 0.3 is 0 Å². The Kier molecular flexibility index (Phi) is 5.75. The molecule has 134 valence electrons. The molecule has 1 aromatic heterocycles. The number of carbonyl (C=O) groups is 1. The number of hydrogen-bond donors (Lipinski definition) is 1. The molecule has 2 heterocycles. The van der Waals surface area contributed by atoms with Crippen molar-refractivity contribution in [3.05, 3.63) is 48.3 Å². The Morgan fingerprint density at radius 2 is 2.08 bits per heavy atom. The van der Waals surface area contributed by atoms with Crippen LogP contribution in [0, 0.1) is 0 Å². The van der Waals surface area contributed by atoms with Crippen molar-refractivity contribution in [1.82, 2.24) is 9.47 Å². The van der Waals surface area contributed by atoms with Gasteiger partial charge in [0.25, 0.3) is 5.76 Å². The summed E-state index contributed by atoms with van der Waals surface area (Å²) in [7, 11) is 2.02. The summed E-state index contributed by atoms with van der Waals surface area (Å²) < 4.78 is 26.7. The Hall–Kier alpha value is -1.86. The van der Waals surface area contributed by atoms with Crippen molar-refractivity contribution in [2.24, 2.45) is 7.05 Å². The van der Waals surface area contributed by atoms with Gasteiger partial charge in [-0.15, -0.1) is 0 Å². The van der Waals surface area contributed by atoms with Crippen molar-refractivity contribution >= 4 is 23.4 Å². The number of likely N-dealkylation sites (tertiary alicyclic amines) is 1. The van der Waals surface area contributed by atoms with Crippen LogP contribution in [0.2, 0.25) is 0 Å². The monoisotopic (exact) mass is 365 g/mol. The Balaban J connectivity index is 1.57. The van der Waals surface area contributed by atoms with Crippen molar-refractivity contribution in [1.29, 1.82) is 0 Å². The molecule has 3 rings (SSSR count). The molecule has 0 saturated carbocycles. The highest BCUT2D eigenvalue weighted by Crippen LogP contribution is 2.31. The summed E-state index contributed by atoms with van der Waals surface area (Å²) in [6, 6.07) is 10.9. The van der Waals surface area contributed by atoms with Gasteiger partial charge in [0.1, 0.15) is 0 Å². The molecule has 1 atom stereocenters. The number of benzene rings is 1. The van der Waals surface area contributed by atoms with Gasteiger partial charge in [0.15, 0.2) is 0 Å². The molecule has 1 aliphatic heterocycles. The number of amides is 1. The van der Waals surface area contributed by atoms with Crippen LogP contribution in [0.5, 0.6) is 0 Å². The van der Waals surface area contributed by atoms with Gasteiger partial charge in [0, 0.05) is 29.5 Å². The van der Waals surface area contributed by atoms with Crippen LogP contribution < -0.4 is 5.32 Å². The summed E-state index contributed by atoms with van der Waals surface area (Å²) in [6.07, 6.45) is 4.14. The summed E-state index contributed by atoms with van der Waals surface area (Å²) in [6.45, 7) is 1.22. The van der Waals surface area contributed by atoms with E-state index in [0.29, 0.717) is 28.9 Å². The molecule has 1 N–H and O–H groups in total. The second-order valence-electron chi connectivity index (χ2n) is 6.12. The molecular formula is C18H21F2N3OS. The van der Waals surface area contributed by atoms with Gasteiger partial charge in [0.05, 0.1) is 12.6 Å². The van der Waals surface area contributed by atoms with E-state index in [4.69, 9.17) is 0 Å². The van der Waals surface area contributed by atoms with Gasteiger partial charge in [-0.3, -0.25) is 9.69 Å². The van der Waals surface area contributed by atoms with E-state index in [1.165, 1.54) is 5.69 Å². The molecule has 2 aromatic rings. The maximum Gasteiger partial charge on any atom is 0.288 e. The van der Waals surface area contributed by atoms with Crippen LogP contribution in [0.15, 0.2) is 47.5 Å². The summed E-state index contributed by atoms with van der Waals surface area (Å²) in [5.74, 6) is -2.53. The lowest BCUT2D eigenvalue weighted by Gasteiger charge is -2.24. The average Bonchev–Trinajstić information content (AvgIpc) is 3.17. The highest BCUT2D eigenvalue weighted by Gasteiger charge is 2.28. The highest BCUT2D eigenvalue weighted by atomic mass is 32.2. The zero-order valence-electron chi connectivity index (χ0n) is 14.0. The number of nitrogens with one attached hydrogen (secondary N) is 1. The lowest BCUT2D eigenvalue weighted by molar-refractivity contribution is -0.117. The van der Waals surface area contributed by atoms with E-state index in [1.807, 2.05) is 19.3 Å². The number of aryl methyl sites for hydroxylation is 1. The molecule has 25 heavy (non-hydrogen) atoms. The standard InChI is InChI=1S/C18H21F2N3OS/c1-22-10-2-4-15(22)16-5-3-11-23(16)12-17(24)21-13-6-8-14(9-7-13)25-18(19)20/h2,4,6-10,16,18H,3,5,11-12H2,1H3,(H,21,24)/t16-/m0/s1. The number of aromatic nitrogens is 1. The van der Waals surface area contributed by atoms with Gasteiger partial charge in [-0.2, -0.15) is 8.78 Å². The van der Waals surface area contributed by atoms with Crippen molar-refractivity contribution in [2.75, 3.05) is 18.4 Å². The molecule has 0 spiro atoms. The van der Waals surface area contributed by atoms with E-state index in [2.05, 4.69) is 20.9 Å². The fourth-order valence-electron chi connectivity index (χ4n) is 3.28. The van der Waals surface area contributed by atoms with Crippen molar-refractivity contribution in [3.63, 3.8) is 0 Å². The largest absolute Gasteiger partial charge is 0.353 e. The quantitative estimate of drug-likeness (QED) is 0.783. The molecule has 1 amide bonds. The van der Waals surface area contributed by atoms with Gasteiger partial charge in [0.2, 0.25) is 5.91 Å². The first-order valence-electron chi connectivity index (χ1n) is 8.23. The van der Waals surface area contributed by atoms with Crippen LogP contribution in [0.1, 0.15) is 24.6 Å². The van der Waals surface area contributed by atoms with Crippen LogP contribution in [-0.4, -0.2) is 34.2 Å². The molecule has 4 nitrogen and oxygen atoms in total. The van der Waals surface area contributed by atoms with E-state index in [0.717, 1.165) is 19.4 Å². The minimum Gasteiger partial charge on any atom is -0.353 e. The zero-order chi connectivity index (χ0) is 17.8. The summed E-state index contributed by atoms with van der Waals surface area (Å²) in [5, 5.41) is 2.85. The molecule has 1 saturated heterocycles. The molecular weight excluding hydrogens is 344 g/mol. The summed E-state index contributed by atoms with van der Waals surface area (Å²) in [4.78, 5) is 15.0. The van der Waals surface area contributed by atoms with E-state index in [9.17, 15) is 13.6 Å². The number of alkyl halides is 2. The first-order valence-corrected chi connectivity index (χ1v) is 9.11. The molecule has 1 aliphatic rings. The van der Waals surface area contributed by atoms with Gasteiger partial charge in [-0.1, -0.05) is 11.8 Å². The maximum atomic E-state index is 12.3. The van der Waals surface area contributed by atoms with Crippen molar-refractivity contribution in [2.45, 2.75) is 29.5 Å². The number of carbonyl (C=O) groups excluding carboxylic acids is 1. The van der Waals surface area contributed by atoms with E-state index in [-0.39, 0.29) is 11.9 Å². The fraction of sp³-hybridized carbons (Fsp3) is 0.389. The van der Waals surface area contributed by atoms with E-state index in [1.54, 1.807) is 24.3 Å². The number of anilines is 1. The number of hydrogen-bond acceptors (Lipinski definition) is 3.